The van der Waals surface area contributed by atoms with Gasteiger partial charge in [0.05, 0.1) is 6.61 Å². The summed E-state index contributed by atoms with van der Waals surface area (Å²) in [5.41, 5.74) is 0. The zero-order chi connectivity index (χ0) is 30.4. The summed E-state index contributed by atoms with van der Waals surface area (Å²) in [5, 5.41) is 0. The molecule has 0 radical (unpaired) electrons. The number of allylic oxidation sites excluding steroid dienone is 8. The normalized spacial score (nSPS) is 14.3. The molecule has 0 amide bonds. The van der Waals surface area contributed by atoms with E-state index in [0.717, 1.165) is 52.1 Å². The van der Waals surface area contributed by atoms with Crippen molar-refractivity contribution < 1.29 is 37.6 Å². The van der Waals surface area contributed by atoms with Crippen LogP contribution in [0.5, 0.6) is 0 Å². The predicted octanol–water partition coefficient (Wildman–Crippen LogP) is 8.71. The van der Waals surface area contributed by atoms with E-state index in [9.17, 15) is 19.0 Å². The molecule has 0 saturated heterocycles. The number of phosphoric acid groups is 1. The lowest BCUT2D eigenvalue weighted by atomic mass is 10.1. The minimum atomic E-state index is -4.26. The number of carbonyl (C=O) groups is 2. The first kappa shape index (κ1) is 39.0. The molecule has 9 heteroatoms. The average molecular weight is 599 g/mol. The summed E-state index contributed by atoms with van der Waals surface area (Å²) in [6, 6.07) is 0. The van der Waals surface area contributed by atoms with E-state index in [4.69, 9.17) is 14.0 Å². The fraction of sp³-hybridized carbons (Fsp3) is 0.688. The van der Waals surface area contributed by atoms with Gasteiger partial charge in [-0.25, -0.2) is 4.57 Å². The maximum absolute atomic E-state index is 12.3. The van der Waals surface area contributed by atoms with Crippen molar-refractivity contribution in [1.82, 2.24) is 0 Å². The fourth-order valence-electron chi connectivity index (χ4n) is 3.73. The number of rotatable bonds is 27. The number of ether oxygens (including phenoxy) is 2. The highest BCUT2D eigenvalue weighted by atomic mass is 31.2. The zero-order valence-electron chi connectivity index (χ0n) is 25.7. The van der Waals surface area contributed by atoms with Crippen LogP contribution < -0.4 is 0 Å². The van der Waals surface area contributed by atoms with Crippen molar-refractivity contribution in [2.45, 2.75) is 123 Å². The molecular weight excluding hydrogens is 543 g/mol. The molecule has 1 N–H and O–H groups in total. The predicted molar refractivity (Wildman–Crippen MR) is 165 cm³/mol. The molecule has 0 aliphatic heterocycles. The summed E-state index contributed by atoms with van der Waals surface area (Å²) in [7, 11) is -3.22. The quantitative estimate of drug-likeness (QED) is 0.0433. The summed E-state index contributed by atoms with van der Waals surface area (Å²) in [6.07, 6.45) is 30.5. The van der Waals surface area contributed by atoms with Gasteiger partial charge in [0, 0.05) is 20.0 Å². The first-order chi connectivity index (χ1) is 19.8. The second-order valence-electron chi connectivity index (χ2n) is 9.86. The van der Waals surface area contributed by atoms with Crippen LogP contribution in [0.2, 0.25) is 0 Å². The van der Waals surface area contributed by atoms with Crippen LogP contribution in [-0.2, 0) is 32.7 Å². The van der Waals surface area contributed by atoms with Crippen molar-refractivity contribution in [2.24, 2.45) is 0 Å². The van der Waals surface area contributed by atoms with Gasteiger partial charge in [-0.2, -0.15) is 0 Å². The number of carbonyl (C=O) groups excluding carboxylic acids is 2. The molecule has 0 aliphatic carbocycles. The molecule has 0 bridgehead atoms. The van der Waals surface area contributed by atoms with Gasteiger partial charge in [-0.3, -0.25) is 18.6 Å². The summed E-state index contributed by atoms with van der Waals surface area (Å²) in [4.78, 5) is 34.0. The van der Waals surface area contributed by atoms with Gasteiger partial charge in [-0.05, 0) is 38.5 Å². The van der Waals surface area contributed by atoms with E-state index >= 15 is 0 Å². The van der Waals surface area contributed by atoms with Crippen LogP contribution in [0.15, 0.2) is 48.6 Å². The smallest absolute Gasteiger partial charge is 0.462 e. The summed E-state index contributed by atoms with van der Waals surface area (Å²) < 4.78 is 31.5. The molecule has 0 spiro atoms. The Labute approximate surface area is 248 Å². The number of hydrogen-bond donors (Lipinski definition) is 1. The maximum atomic E-state index is 12.3. The number of unbranched alkanes of at least 4 members (excludes halogenated alkanes) is 8. The van der Waals surface area contributed by atoms with Crippen molar-refractivity contribution >= 4 is 19.8 Å². The third-order valence-corrected chi connectivity index (χ3v) is 7.04. The number of phosphoric ester groups is 1. The molecule has 8 nitrogen and oxygen atoms in total. The minimum absolute atomic E-state index is 0.123. The van der Waals surface area contributed by atoms with Gasteiger partial charge in [-0.1, -0.05) is 114 Å². The third kappa shape index (κ3) is 27.9. The Balaban J connectivity index is 4.31. The highest BCUT2D eigenvalue weighted by Crippen LogP contribution is 2.42. The molecule has 0 aromatic rings. The zero-order valence-corrected chi connectivity index (χ0v) is 26.6. The van der Waals surface area contributed by atoms with Crippen LogP contribution in [-0.4, -0.2) is 43.3 Å². The fourth-order valence-corrected chi connectivity index (χ4v) is 4.19. The van der Waals surface area contributed by atoms with Crippen LogP contribution in [0.3, 0.4) is 0 Å². The van der Waals surface area contributed by atoms with Crippen LogP contribution >= 0.6 is 7.82 Å². The molecule has 236 valence electrons. The number of hydrogen-bond acceptors (Lipinski definition) is 7. The Bertz CT molecular complexity index is 819. The second-order valence-corrected chi connectivity index (χ2v) is 11.4. The molecule has 0 rings (SSSR count). The minimum Gasteiger partial charge on any atom is -0.462 e. The Morgan fingerprint density at radius 2 is 1.24 bits per heavy atom. The maximum Gasteiger partial charge on any atom is 0.472 e. The van der Waals surface area contributed by atoms with Gasteiger partial charge < -0.3 is 14.4 Å². The van der Waals surface area contributed by atoms with E-state index in [1.165, 1.54) is 38.5 Å². The summed E-state index contributed by atoms with van der Waals surface area (Å²) in [6.45, 7) is 3.64. The van der Waals surface area contributed by atoms with Crippen molar-refractivity contribution in [1.29, 1.82) is 0 Å². The molecule has 2 unspecified atom stereocenters. The van der Waals surface area contributed by atoms with Crippen LogP contribution in [0, 0.1) is 0 Å². The molecule has 2 atom stereocenters. The van der Waals surface area contributed by atoms with E-state index in [-0.39, 0.29) is 19.4 Å². The lowest BCUT2D eigenvalue weighted by molar-refractivity contribution is -0.161. The monoisotopic (exact) mass is 598 g/mol. The van der Waals surface area contributed by atoms with E-state index in [2.05, 4.69) is 54.8 Å². The highest BCUT2D eigenvalue weighted by Gasteiger charge is 2.24. The largest absolute Gasteiger partial charge is 0.472 e. The van der Waals surface area contributed by atoms with E-state index in [0.29, 0.717) is 6.42 Å². The Hall–Kier alpha value is -1.99. The van der Waals surface area contributed by atoms with Crippen LogP contribution in [0.4, 0.5) is 0 Å². The van der Waals surface area contributed by atoms with Crippen molar-refractivity contribution in [3.05, 3.63) is 48.6 Å². The third-order valence-electron chi connectivity index (χ3n) is 6.10. The molecule has 0 aromatic carbocycles. The molecule has 0 fully saturated rings. The van der Waals surface area contributed by atoms with Gasteiger partial charge >= 0.3 is 19.8 Å². The standard InChI is InChI=1S/C32H55O8P/c1-4-6-8-10-12-14-15-16-17-19-21-23-25-27-32(34)40-30(29-39-41(35,36)37-3)28-38-31(33)26-24-22-20-18-13-11-9-7-5-2/h6,8,12,14,16-17,21,23,30H,4-5,7,9-11,13,15,18-20,22,24-29H2,1-3H3,(H,35,36)/b8-6-,14-12-,17-16-,23-21-. The van der Waals surface area contributed by atoms with Gasteiger partial charge in [0.1, 0.15) is 6.61 Å². The van der Waals surface area contributed by atoms with Gasteiger partial charge in [-0.15, -0.1) is 0 Å². The van der Waals surface area contributed by atoms with Crippen molar-refractivity contribution in [3.8, 4) is 0 Å². The Morgan fingerprint density at radius 1 is 0.707 bits per heavy atom. The molecule has 0 aromatic heterocycles. The Kier molecular flexibility index (Phi) is 26.8. The highest BCUT2D eigenvalue weighted by molar-refractivity contribution is 7.47. The van der Waals surface area contributed by atoms with Crippen molar-refractivity contribution in [3.63, 3.8) is 0 Å². The topological polar surface area (TPSA) is 108 Å². The van der Waals surface area contributed by atoms with E-state index in [1.54, 1.807) is 0 Å². The van der Waals surface area contributed by atoms with Crippen molar-refractivity contribution in [2.75, 3.05) is 20.3 Å². The molecule has 0 aliphatic rings. The SMILES string of the molecule is CC/C=C\C/C=C\C/C=C\C/C=C\CCC(=O)OC(COC(=O)CCCCCCCCCCC)COP(=O)(O)OC. The van der Waals surface area contributed by atoms with Crippen LogP contribution in [0.1, 0.15) is 117 Å². The van der Waals surface area contributed by atoms with Gasteiger partial charge in [0.25, 0.3) is 0 Å². The van der Waals surface area contributed by atoms with Crippen LogP contribution in [0.25, 0.3) is 0 Å². The molecular formula is C32H55O8P. The molecule has 41 heavy (non-hydrogen) atoms. The first-order valence-electron chi connectivity index (χ1n) is 15.3. The molecule has 0 saturated carbocycles. The summed E-state index contributed by atoms with van der Waals surface area (Å²) >= 11 is 0. The van der Waals surface area contributed by atoms with E-state index < -0.39 is 32.5 Å². The first-order valence-corrected chi connectivity index (χ1v) is 16.8. The number of esters is 2. The lowest BCUT2D eigenvalue weighted by Gasteiger charge is -2.19. The van der Waals surface area contributed by atoms with Gasteiger partial charge in [0.15, 0.2) is 6.10 Å². The second kappa shape index (κ2) is 28.1. The molecule has 0 heterocycles. The lowest BCUT2D eigenvalue weighted by Crippen LogP contribution is -2.29. The summed E-state index contributed by atoms with van der Waals surface area (Å²) in [5.74, 6) is -0.908. The van der Waals surface area contributed by atoms with Gasteiger partial charge in [0.2, 0.25) is 0 Å². The average Bonchev–Trinajstić information content (AvgIpc) is 2.96. The van der Waals surface area contributed by atoms with E-state index in [1.807, 2.05) is 12.2 Å². The Morgan fingerprint density at radius 3 is 1.80 bits per heavy atom.